The second-order valence-electron chi connectivity index (χ2n) is 4.22. The summed E-state index contributed by atoms with van der Waals surface area (Å²) in [5.74, 6) is 5.69. The molecule has 0 aliphatic heterocycles. The highest BCUT2D eigenvalue weighted by Crippen LogP contribution is 2.27. The Morgan fingerprint density at radius 1 is 1.22 bits per heavy atom. The molecule has 3 N–H and O–H groups in total. The van der Waals surface area contributed by atoms with Crippen molar-refractivity contribution in [1.82, 2.24) is 5.43 Å². The molecule has 2 nitrogen and oxygen atoms in total. The smallest absolute Gasteiger partial charge is 0.0508 e. The number of nitrogens with two attached hydrogens (primary N) is 1. The van der Waals surface area contributed by atoms with Crippen molar-refractivity contribution in [2.45, 2.75) is 19.4 Å². The highest BCUT2D eigenvalue weighted by molar-refractivity contribution is 9.10. The highest BCUT2D eigenvalue weighted by atomic mass is 79.9. The van der Waals surface area contributed by atoms with Crippen LogP contribution in [0.3, 0.4) is 0 Å². The number of nitrogens with one attached hydrogen (secondary N) is 1. The van der Waals surface area contributed by atoms with Crippen LogP contribution in [0.4, 0.5) is 0 Å². The van der Waals surface area contributed by atoms with E-state index in [-0.39, 0.29) is 6.04 Å². The predicted molar refractivity (Wildman–Crippen MR) is 84.7 cm³/mol. The van der Waals surface area contributed by atoms with E-state index in [1.807, 2.05) is 0 Å². The van der Waals surface area contributed by atoms with Crippen molar-refractivity contribution in [2.24, 2.45) is 5.84 Å². The molecule has 2 aromatic rings. The highest BCUT2D eigenvalue weighted by Gasteiger charge is 2.12. The van der Waals surface area contributed by atoms with Crippen molar-refractivity contribution in [3.05, 3.63) is 54.6 Å². The fourth-order valence-electron chi connectivity index (χ4n) is 1.90. The number of rotatable bonds is 4. The number of aryl methyl sites for hydroxylation is 1. The van der Waals surface area contributed by atoms with Crippen LogP contribution in [0.1, 0.15) is 22.0 Å². The quantitative estimate of drug-likeness (QED) is 0.603. The number of hydrogen-bond acceptors (Lipinski definition) is 3. The molecule has 1 unspecified atom stereocenters. The van der Waals surface area contributed by atoms with Gasteiger partial charge in [-0.25, -0.2) is 0 Å². The summed E-state index contributed by atoms with van der Waals surface area (Å²) in [7, 11) is 0. The molecule has 1 heterocycles. The molecule has 0 spiro atoms. The van der Waals surface area contributed by atoms with Gasteiger partial charge in [0.15, 0.2) is 0 Å². The maximum Gasteiger partial charge on any atom is 0.0508 e. The van der Waals surface area contributed by atoms with E-state index < -0.39 is 0 Å². The number of hydrogen-bond donors (Lipinski definition) is 2. The second-order valence-corrected chi connectivity index (χ2v) is 7.04. The summed E-state index contributed by atoms with van der Waals surface area (Å²) < 4.78 is 2.22. The molecule has 0 aliphatic carbocycles. The van der Waals surface area contributed by atoms with Gasteiger partial charge in [-0.2, -0.15) is 0 Å². The molecule has 1 atom stereocenters. The first kappa shape index (κ1) is 14.2. The summed E-state index contributed by atoms with van der Waals surface area (Å²) in [4.78, 5) is 1.31. The van der Waals surface area contributed by atoms with Crippen molar-refractivity contribution in [2.75, 3.05) is 0 Å². The van der Waals surface area contributed by atoms with E-state index >= 15 is 0 Å². The molecule has 0 amide bonds. The van der Waals surface area contributed by atoms with Gasteiger partial charge in [0, 0.05) is 25.6 Å². The minimum Gasteiger partial charge on any atom is -0.271 e. The lowest BCUT2D eigenvalue weighted by molar-refractivity contribution is 0.555. The lowest BCUT2D eigenvalue weighted by atomic mass is 10.0. The van der Waals surface area contributed by atoms with E-state index in [1.165, 1.54) is 16.0 Å². The van der Waals surface area contributed by atoms with Gasteiger partial charge in [-0.1, -0.05) is 22.0 Å². The standard InChI is InChI=1S/C13H14Br2N2S/c1-8-2-9(4-10(14)3-8)13(17-16)6-12-5-11(15)7-18-12/h2-5,7,13,17H,6,16H2,1H3. The van der Waals surface area contributed by atoms with Gasteiger partial charge in [-0.05, 0) is 52.2 Å². The van der Waals surface area contributed by atoms with E-state index in [9.17, 15) is 0 Å². The van der Waals surface area contributed by atoms with Crippen LogP contribution >= 0.6 is 43.2 Å². The van der Waals surface area contributed by atoms with Crippen molar-refractivity contribution >= 4 is 43.2 Å². The summed E-state index contributed by atoms with van der Waals surface area (Å²) in [5.41, 5.74) is 5.33. The van der Waals surface area contributed by atoms with E-state index in [1.54, 1.807) is 11.3 Å². The largest absolute Gasteiger partial charge is 0.271 e. The maximum atomic E-state index is 5.69. The molecule has 1 aromatic heterocycles. The van der Waals surface area contributed by atoms with Crippen LogP contribution in [-0.4, -0.2) is 0 Å². The zero-order chi connectivity index (χ0) is 13.1. The third-order valence-corrected chi connectivity index (χ3v) is 4.87. The van der Waals surface area contributed by atoms with Gasteiger partial charge in [0.2, 0.25) is 0 Å². The number of halogens is 2. The molecule has 2 rings (SSSR count). The minimum atomic E-state index is 0.131. The topological polar surface area (TPSA) is 38.0 Å². The van der Waals surface area contributed by atoms with Crippen molar-refractivity contribution in [3.63, 3.8) is 0 Å². The number of benzene rings is 1. The Labute approximate surface area is 128 Å². The van der Waals surface area contributed by atoms with Crippen LogP contribution in [0.5, 0.6) is 0 Å². The van der Waals surface area contributed by atoms with Crippen LogP contribution < -0.4 is 11.3 Å². The monoisotopic (exact) mass is 388 g/mol. The van der Waals surface area contributed by atoms with E-state index in [0.717, 1.165) is 15.4 Å². The van der Waals surface area contributed by atoms with Crippen LogP contribution in [0.15, 0.2) is 38.6 Å². The van der Waals surface area contributed by atoms with Crippen LogP contribution in [-0.2, 0) is 6.42 Å². The van der Waals surface area contributed by atoms with Gasteiger partial charge in [-0.15, -0.1) is 11.3 Å². The molecule has 5 heteroatoms. The molecule has 96 valence electrons. The molecule has 0 aliphatic rings. The molecule has 1 aromatic carbocycles. The first-order valence-electron chi connectivity index (χ1n) is 5.54. The zero-order valence-electron chi connectivity index (χ0n) is 9.91. The normalized spacial score (nSPS) is 12.7. The van der Waals surface area contributed by atoms with Gasteiger partial charge >= 0.3 is 0 Å². The lowest BCUT2D eigenvalue weighted by Gasteiger charge is -2.16. The third kappa shape index (κ3) is 3.65. The summed E-state index contributed by atoms with van der Waals surface area (Å²) in [6, 6.07) is 8.64. The molecular weight excluding hydrogens is 376 g/mol. The van der Waals surface area contributed by atoms with E-state index in [2.05, 4.69) is 73.9 Å². The fraction of sp³-hybridized carbons (Fsp3) is 0.231. The Kier molecular flexibility index (Phi) is 4.98. The van der Waals surface area contributed by atoms with Crippen molar-refractivity contribution in [3.8, 4) is 0 Å². The molecule has 0 radical (unpaired) electrons. The minimum absolute atomic E-state index is 0.131. The average molecular weight is 390 g/mol. The van der Waals surface area contributed by atoms with Crippen molar-refractivity contribution < 1.29 is 0 Å². The van der Waals surface area contributed by atoms with Gasteiger partial charge in [0.1, 0.15) is 0 Å². The van der Waals surface area contributed by atoms with Crippen LogP contribution in [0.2, 0.25) is 0 Å². The SMILES string of the molecule is Cc1cc(Br)cc(C(Cc2cc(Br)cs2)NN)c1. The van der Waals surface area contributed by atoms with Crippen LogP contribution in [0, 0.1) is 6.92 Å². The second kappa shape index (κ2) is 6.30. The first-order chi connectivity index (χ1) is 8.58. The van der Waals surface area contributed by atoms with Crippen molar-refractivity contribution in [1.29, 1.82) is 0 Å². The Hall–Kier alpha value is -0.200. The third-order valence-electron chi connectivity index (χ3n) is 2.70. The number of hydrazine groups is 1. The molecule has 0 saturated carbocycles. The summed E-state index contributed by atoms with van der Waals surface area (Å²) in [6.45, 7) is 2.09. The van der Waals surface area contributed by atoms with Crippen LogP contribution in [0.25, 0.3) is 0 Å². The Balaban J connectivity index is 2.22. The summed E-state index contributed by atoms with van der Waals surface area (Å²) >= 11 is 8.74. The van der Waals surface area contributed by atoms with E-state index in [0.29, 0.717) is 0 Å². The Bertz CT molecular complexity index is 519. The molecule has 18 heavy (non-hydrogen) atoms. The predicted octanol–water partition coefficient (Wildman–Crippen LogP) is 4.33. The summed E-state index contributed by atoms with van der Waals surface area (Å²) in [5, 5.41) is 2.09. The maximum absolute atomic E-state index is 5.69. The molecule has 0 saturated heterocycles. The fourth-order valence-corrected chi connectivity index (χ4v) is 4.02. The average Bonchev–Trinajstić information content (AvgIpc) is 2.70. The van der Waals surface area contributed by atoms with E-state index in [4.69, 9.17) is 5.84 Å². The van der Waals surface area contributed by atoms with Gasteiger partial charge in [-0.3, -0.25) is 11.3 Å². The Morgan fingerprint density at radius 2 is 2.00 bits per heavy atom. The Morgan fingerprint density at radius 3 is 2.56 bits per heavy atom. The zero-order valence-corrected chi connectivity index (χ0v) is 13.9. The van der Waals surface area contributed by atoms with Gasteiger partial charge < -0.3 is 0 Å². The van der Waals surface area contributed by atoms with Gasteiger partial charge in [0.25, 0.3) is 0 Å². The summed E-state index contributed by atoms with van der Waals surface area (Å²) in [6.07, 6.45) is 0.892. The lowest BCUT2D eigenvalue weighted by Crippen LogP contribution is -2.29. The molecule has 0 bridgehead atoms. The number of thiophene rings is 1. The molecule has 0 fully saturated rings. The molecular formula is C13H14Br2N2S. The van der Waals surface area contributed by atoms with Gasteiger partial charge in [0.05, 0.1) is 6.04 Å². The first-order valence-corrected chi connectivity index (χ1v) is 8.01.